The number of nitriles is 3. The van der Waals surface area contributed by atoms with Gasteiger partial charge in [-0.25, -0.2) is 9.59 Å². The van der Waals surface area contributed by atoms with E-state index in [9.17, 15) is 14.9 Å². The molecule has 0 unspecified atom stereocenters. The van der Waals surface area contributed by atoms with Crippen LogP contribution in [0.2, 0.25) is 0 Å². The predicted molar refractivity (Wildman–Crippen MR) is 94.1 cm³/mol. The number of benzene rings is 1. The van der Waals surface area contributed by atoms with Gasteiger partial charge in [0, 0.05) is 11.6 Å². The Kier molecular flexibility index (Phi) is 5.61. The second-order valence-corrected chi connectivity index (χ2v) is 5.29. The molecule has 4 N–H and O–H groups in total. The number of furan rings is 1. The van der Waals surface area contributed by atoms with E-state index in [2.05, 4.69) is 0 Å². The Bertz CT molecular complexity index is 1120. The third kappa shape index (κ3) is 4.05. The van der Waals surface area contributed by atoms with Crippen molar-refractivity contribution in [1.29, 1.82) is 15.8 Å². The molecular formula is C19H10N4O5. The Morgan fingerprint density at radius 1 is 0.964 bits per heavy atom. The predicted octanol–water partition coefficient (Wildman–Crippen LogP) is 2.51. The van der Waals surface area contributed by atoms with E-state index < -0.39 is 17.5 Å². The minimum atomic E-state index is -1.30. The van der Waals surface area contributed by atoms with Crippen LogP contribution in [0.1, 0.15) is 26.5 Å². The van der Waals surface area contributed by atoms with Crippen molar-refractivity contribution in [2.75, 3.05) is 0 Å². The molecule has 2 aromatic rings. The van der Waals surface area contributed by atoms with E-state index in [4.69, 9.17) is 30.9 Å². The molecule has 1 heterocycles. The summed E-state index contributed by atoms with van der Waals surface area (Å²) in [6.45, 7) is 0. The first-order valence-corrected chi connectivity index (χ1v) is 7.44. The van der Waals surface area contributed by atoms with Crippen LogP contribution >= 0.6 is 0 Å². The Hall–Kier alpha value is -4.81. The van der Waals surface area contributed by atoms with Crippen molar-refractivity contribution < 1.29 is 24.2 Å². The largest absolute Gasteiger partial charge is 0.478 e. The molecule has 0 amide bonds. The Labute approximate surface area is 158 Å². The summed E-state index contributed by atoms with van der Waals surface area (Å²) in [5, 5.41) is 45.1. The highest BCUT2D eigenvalue weighted by molar-refractivity contribution is 5.95. The van der Waals surface area contributed by atoms with Crippen molar-refractivity contribution in [3.63, 3.8) is 0 Å². The standard InChI is InChI=1S/C19H10N4O5/c20-7-13(17(23)14(8-21)9-22)6-15-1-2-16(28-15)10-3-11(18(24)25)5-12(4-10)19(26)27/h1-6H,23H2,(H,24,25)(H,26,27)/b13-6+. The maximum atomic E-state index is 11.2. The van der Waals surface area contributed by atoms with Crippen molar-refractivity contribution in [3.05, 3.63) is 64.1 Å². The second-order valence-electron chi connectivity index (χ2n) is 5.29. The van der Waals surface area contributed by atoms with Crippen LogP contribution in [-0.4, -0.2) is 22.2 Å². The molecule has 0 aliphatic heterocycles. The van der Waals surface area contributed by atoms with Crippen LogP contribution in [0.3, 0.4) is 0 Å². The van der Waals surface area contributed by atoms with E-state index in [0.29, 0.717) is 0 Å². The van der Waals surface area contributed by atoms with Crippen molar-refractivity contribution in [3.8, 4) is 29.5 Å². The van der Waals surface area contributed by atoms with Crippen LogP contribution in [-0.2, 0) is 0 Å². The average molecular weight is 374 g/mol. The molecule has 1 aromatic carbocycles. The zero-order chi connectivity index (χ0) is 20.8. The van der Waals surface area contributed by atoms with E-state index in [0.717, 1.165) is 6.07 Å². The smallest absolute Gasteiger partial charge is 0.335 e. The summed E-state index contributed by atoms with van der Waals surface area (Å²) in [6, 6.07) is 11.3. The SMILES string of the molecule is N#CC(C#N)=C(N)/C(C#N)=C/c1ccc(-c2cc(C(=O)O)cc(C(=O)O)c2)o1. The van der Waals surface area contributed by atoms with E-state index in [-0.39, 0.29) is 39.5 Å². The van der Waals surface area contributed by atoms with Crippen LogP contribution in [0.4, 0.5) is 0 Å². The van der Waals surface area contributed by atoms with Crippen molar-refractivity contribution in [2.24, 2.45) is 5.73 Å². The van der Waals surface area contributed by atoms with Crippen molar-refractivity contribution in [1.82, 2.24) is 0 Å². The summed E-state index contributed by atoms with van der Waals surface area (Å²) in [4.78, 5) is 22.4. The lowest BCUT2D eigenvalue weighted by molar-refractivity contribution is 0.0696. The van der Waals surface area contributed by atoms with Gasteiger partial charge in [0.25, 0.3) is 0 Å². The lowest BCUT2D eigenvalue weighted by atomic mass is 10.0. The van der Waals surface area contributed by atoms with E-state index in [1.54, 1.807) is 18.2 Å². The number of rotatable bonds is 5. The van der Waals surface area contributed by atoms with Gasteiger partial charge in [-0.3, -0.25) is 0 Å². The lowest BCUT2D eigenvalue weighted by Crippen LogP contribution is -2.03. The highest BCUT2D eigenvalue weighted by atomic mass is 16.4. The van der Waals surface area contributed by atoms with E-state index in [1.807, 2.05) is 0 Å². The molecule has 0 bridgehead atoms. The fourth-order valence-electron chi connectivity index (χ4n) is 2.19. The molecule has 1 aromatic heterocycles. The van der Waals surface area contributed by atoms with Crippen LogP contribution in [0.25, 0.3) is 17.4 Å². The second kappa shape index (κ2) is 8.05. The van der Waals surface area contributed by atoms with Gasteiger partial charge >= 0.3 is 11.9 Å². The van der Waals surface area contributed by atoms with Gasteiger partial charge in [-0.05, 0) is 30.3 Å². The number of allylic oxidation sites excluding steroid dienone is 2. The molecule has 0 aliphatic rings. The molecule has 0 spiro atoms. The lowest BCUT2D eigenvalue weighted by Gasteiger charge is -2.03. The van der Waals surface area contributed by atoms with Crippen LogP contribution in [0.15, 0.2) is 51.6 Å². The van der Waals surface area contributed by atoms with Crippen LogP contribution in [0.5, 0.6) is 0 Å². The Morgan fingerprint density at radius 2 is 1.54 bits per heavy atom. The van der Waals surface area contributed by atoms with Gasteiger partial charge in [0.15, 0.2) is 5.57 Å². The number of nitrogens with two attached hydrogens (primary N) is 1. The summed E-state index contributed by atoms with van der Waals surface area (Å²) in [6.07, 6.45) is 1.20. The number of nitrogens with zero attached hydrogens (tertiary/aromatic N) is 3. The molecule has 9 heteroatoms. The van der Waals surface area contributed by atoms with Crippen LogP contribution < -0.4 is 5.73 Å². The molecular weight excluding hydrogens is 364 g/mol. The Morgan fingerprint density at radius 3 is 2.00 bits per heavy atom. The molecule has 9 nitrogen and oxygen atoms in total. The highest BCUT2D eigenvalue weighted by Gasteiger charge is 2.15. The van der Waals surface area contributed by atoms with Gasteiger partial charge in [0.2, 0.25) is 0 Å². The van der Waals surface area contributed by atoms with Crippen molar-refractivity contribution in [2.45, 2.75) is 0 Å². The summed E-state index contributed by atoms with van der Waals surface area (Å²) in [7, 11) is 0. The third-order valence-corrected chi connectivity index (χ3v) is 3.53. The number of carbonyl (C=O) groups is 2. The number of hydrogen-bond acceptors (Lipinski definition) is 7. The summed E-state index contributed by atoms with van der Waals surface area (Å²) in [5.74, 6) is -2.33. The topological polar surface area (TPSA) is 185 Å². The van der Waals surface area contributed by atoms with Gasteiger partial charge < -0.3 is 20.4 Å². The minimum absolute atomic E-state index is 0.127. The average Bonchev–Trinajstić information content (AvgIpc) is 3.15. The number of hydrogen-bond donors (Lipinski definition) is 3. The normalized spacial score (nSPS) is 10.2. The molecule has 0 aliphatic carbocycles. The maximum absolute atomic E-state index is 11.2. The van der Waals surface area contributed by atoms with Crippen molar-refractivity contribution >= 4 is 18.0 Å². The number of carboxylic acid groups (broad SMARTS) is 2. The fraction of sp³-hybridized carbons (Fsp3) is 0. The monoisotopic (exact) mass is 374 g/mol. The van der Waals surface area contributed by atoms with E-state index >= 15 is 0 Å². The van der Waals surface area contributed by atoms with Crippen LogP contribution in [0, 0.1) is 34.0 Å². The molecule has 2 rings (SSSR count). The van der Waals surface area contributed by atoms with Gasteiger partial charge in [-0.1, -0.05) is 0 Å². The first-order chi connectivity index (χ1) is 13.3. The zero-order valence-corrected chi connectivity index (χ0v) is 14.0. The number of aromatic carboxylic acids is 2. The maximum Gasteiger partial charge on any atom is 0.335 e. The quantitative estimate of drug-likeness (QED) is 0.522. The molecule has 0 radical (unpaired) electrons. The molecule has 0 fully saturated rings. The van der Waals surface area contributed by atoms with Gasteiger partial charge in [0.05, 0.1) is 22.4 Å². The third-order valence-electron chi connectivity index (χ3n) is 3.53. The molecule has 0 saturated carbocycles. The first-order valence-electron chi connectivity index (χ1n) is 7.44. The molecule has 136 valence electrons. The van der Waals surface area contributed by atoms with Gasteiger partial charge in [0.1, 0.15) is 29.7 Å². The summed E-state index contributed by atoms with van der Waals surface area (Å²) in [5.41, 5.74) is 4.45. The first kappa shape index (κ1) is 19.5. The van der Waals surface area contributed by atoms with E-state index in [1.165, 1.54) is 30.3 Å². The molecule has 28 heavy (non-hydrogen) atoms. The summed E-state index contributed by atoms with van der Waals surface area (Å²) >= 11 is 0. The molecule has 0 atom stereocenters. The fourth-order valence-corrected chi connectivity index (χ4v) is 2.19. The zero-order valence-electron chi connectivity index (χ0n) is 14.0. The number of carboxylic acids is 2. The Balaban J connectivity index is 2.53. The molecule has 0 saturated heterocycles. The highest BCUT2D eigenvalue weighted by Crippen LogP contribution is 2.26. The minimum Gasteiger partial charge on any atom is -0.478 e. The van der Waals surface area contributed by atoms with Gasteiger partial charge in [-0.15, -0.1) is 0 Å². The summed E-state index contributed by atoms with van der Waals surface area (Å²) < 4.78 is 5.51. The van der Waals surface area contributed by atoms with Gasteiger partial charge in [-0.2, -0.15) is 15.8 Å².